The number of alkyl halides is 1. The topological polar surface area (TPSA) is 56.7 Å². The van der Waals surface area contributed by atoms with E-state index < -0.39 is 17.8 Å². The maximum Gasteiger partial charge on any atom is 0.328 e. The Morgan fingerprint density at radius 2 is 1.91 bits per heavy atom. The van der Waals surface area contributed by atoms with E-state index in [2.05, 4.69) is 17.6 Å². The van der Waals surface area contributed by atoms with Crippen molar-refractivity contribution in [1.29, 1.82) is 0 Å². The van der Waals surface area contributed by atoms with Crippen LogP contribution in [0.5, 0.6) is 0 Å². The van der Waals surface area contributed by atoms with Gasteiger partial charge in [-0.15, -0.1) is 0 Å². The van der Waals surface area contributed by atoms with Crippen LogP contribution in [0.1, 0.15) is 71.1 Å². The van der Waals surface area contributed by atoms with Gasteiger partial charge in [0.2, 0.25) is 0 Å². The highest BCUT2D eigenvalue weighted by Crippen LogP contribution is 2.46. The molecule has 4 aliphatic rings. The third-order valence-corrected chi connectivity index (χ3v) is 8.50. The summed E-state index contributed by atoms with van der Waals surface area (Å²) >= 11 is 0. The van der Waals surface area contributed by atoms with Gasteiger partial charge in [0.1, 0.15) is 23.4 Å². The summed E-state index contributed by atoms with van der Waals surface area (Å²) in [6, 6.07) is 5.74. The lowest BCUT2D eigenvalue weighted by molar-refractivity contribution is 0.174. The van der Waals surface area contributed by atoms with Crippen LogP contribution in [0.2, 0.25) is 0 Å². The zero-order chi connectivity index (χ0) is 23.0. The number of carbonyl (C=O) groups is 1. The molecule has 2 N–H and O–H groups in total. The highest BCUT2D eigenvalue weighted by molar-refractivity contribution is 6.19. The minimum absolute atomic E-state index is 0.108. The Hall–Kier alpha value is -2.02. The number of carbonyl (C=O) groups excluding carboxylic acids is 1. The monoisotopic (exact) mass is 458 g/mol. The molecule has 180 valence electrons. The molecule has 0 radical (unpaired) electrons. The van der Waals surface area contributed by atoms with Crippen molar-refractivity contribution in [2.24, 2.45) is 16.8 Å². The lowest BCUT2D eigenvalue weighted by atomic mass is 9.68. The van der Waals surface area contributed by atoms with E-state index >= 15 is 0 Å². The van der Waals surface area contributed by atoms with Gasteiger partial charge in [0.25, 0.3) is 0 Å². The largest absolute Gasteiger partial charge is 0.328 e. The number of hydrogen-bond acceptors (Lipinski definition) is 3. The molecule has 4 fully saturated rings. The predicted molar refractivity (Wildman–Crippen MR) is 127 cm³/mol. The molecule has 1 aromatic rings. The average Bonchev–Trinajstić information content (AvgIpc) is 3.39. The van der Waals surface area contributed by atoms with Crippen LogP contribution >= 0.6 is 0 Å². The number of urea groups is 1. The molecule has 2 heterocycles. The number of benzene rings is 1. The molecule has 33 heavy (non-hydrogen) atoms. The molecule has 2 saturated carbocycles. The number of nitrogens with one attached hydrogen (secondary N) is 2. The van der Waals surface area contributed by atoms with Gasteiger partial charge < -0.3 is 5.32 Å². The van der Waals surface area contributed by atoms with E-state index in [0.717, 1.165) is 25.8 Å². The normalized spacial score (nSPS) is 36.6. The molecule has 2 aliphatic carbocycles. The maximum absolute atomic E-state index is 14.8. The zero-order valence-corrected chi connectivity index (χ0v) is 19.5. The molecule has 1 spiro atoms. The molecule has 1 aromatic carbocycles. The fourth-order valence-corrected chi connectivity index (χ4v) is 6.84. The van der Waals surface area contributed by atoms with Gasteiger partial charge in [-0.25, -0.2) is 13.6 Å². The highest BCUT2D eigenvalue weighted by Gasteiger charge is 2.59. The number of nitrogens with zero attached hydrogens (tertiary/aromatic N) is 2. The number of aliphatic imine (C=N–C) groups is 1. The standard InChI is InChI=1S/C26H36F2N4O/c1-17-21(15-18-7-2-3-8-18)26(13-14-29-17)24(30-23-12-5-4-11-22(23)28)31-25(33)32(26)20-10-6-9-19(27)16-20/h6,9-10,16-18,21-23,29H,2-5,7-8,11-15H2,1H3,(H,30,31,33)/t17?,21?,22-,23-,26?/m0/s1. The van der Waals surface area contributed by atoms with Crippen LogP contribution < -0.4 is 15.5 Å². The lowest BCUT2D eigenvalue weighted by Gasteiger charge is -2.50. The second kappa shape index (κ2) is 9.32. The van der Waals surface area contributed by atoms with Crippen LogP contribution in [0, 0.1) is 17.7 Å². The zero-order valence-electron chi connectivity index (χ0n) is 19.5. The second-order valence-electron chi connectivity index (χ2n) is 10.5. The van der Waals surface area contributed by atoms with E-state index in [9.17, 15) is 13.6 Å². The molecule has 5 nitrogen and oxygen atoms in total. The molecular weight excluding hydrogens is 422 g/mol. The van der Waals surface area contributed by atoms with Gasteiger partial charge in [-0.3, -0.25) is 15.2 Å². The quantitative estimate of drug-likeness (QED) is 0.639. The molecule has 2 aliphatic heterocycles. The maximum atomic E-state index is 14.8. The van der Waals surface area contributed by atoms with E-state index in [-0.39, 0.29) is 23.8 Å². The summed E-state index contributed by atoms with van der Waals surface area (Å²) in [5.41, 5.74) is -0.168. The molecule has 5 rings (SSSR count). The fraction of sp³-hybridized carbons (Fsp3) is 0.692. The van der Waals surface area contributed by atoms with E-state index in [1.165, 1.54) is 37.8 Å². The molecular formula is C26H36F2N4O. The van der Waals surface area contributed by atoms with Crippen LogP contribution in [-0.4, -0.2) is 42.2 Å². The van der Waals surface area contributed by atoms with Crippen molar-refractivity contribution in [3.63, 3.8) is 0 Å². The summed E-state index contributed by atoms with van der Waals surface area (Å²) < 4.78 is 29.1. The number of rotatable bonds is 4. The van der Waals surface area contributed by atoms with Crippen LogP contribution in [0.3, 0.4) is 0 Å². The smallest absolute Gasteiger partial charge is 0.314 e. The summed E-state index contributed by atoms with van der Waals surface area (Å²) in [7, 11) is 0. The van der Waals surface area contributed by atoms with E-state index in [0.29, 0.717) is 36.7 Å². The number of hydrogen-bond donors (Lipinski definition) is 2. The minimum Gasteiger partial charge on any atom is -0.314 e. The summed E-state index contributed by atoms with van der Waals surface area (Å²) in [4.78, 5) is 20.2. The Morgan fingerprint density at radius 3 is 2.67 bits per heavy atom. The van der Waals surface area contributed by atoms with E-state index in [1.54, 1.807) is 17.0 Å². The lowest BCUT2D eigenvalue weighted by Crippen LogP contribution is -2.65. The first-order valence-electron chi connectivity index (χ1n) is 12.8. The summed E-state index contributed by atoms with van der Waals surface area (Å²) in [6.07, 6.45) is 8.69. The van der Waals surface area contributed by atoms with Crippen molar-refractivity contribution in [1.82, 2.24) is 10.6 Å². The van der Waals surface area contributed by atoms with Crippen LogP contribution in [0.4, 0.5) is 19.3 Å². The SMILES string of the molecule is CC1NCCC2(C(=N[C@H]3CCCC[C@@H]3F)NC(=O)N2c2cccc(F)c2)C1CC1CCCC1. The molecule has 7 heteroatoms. The second-order valence-corrected chi connectivity index (χ2v) is 10.5. The van der Waals surface area contributed by atoms with Gasteiger partial charge in [0, 0.05) is 17.6 Å². The predicted octanol–water partition coefficient (Wildman–Crippen LogP) is 5.35. The minimum atomic E-state index is -0.976. The van der Waals surface area contributed by atoms with E-state index in [4.69, 9.17) is 4.99 Å². The number of halogens is 2. The molecule has 3 unspecified atom stereocenters. The van der Waals surface area contributed by atoms with Gasteiger partial charge in [-0.05, 0) is 63.3 Å². The Kier molecular flexibility index (Phi) is 6.43. The van der Waals surface area contributed by atoms with Gasteiger partial charge in [0.15, 0.2) is 0 Å². The van der Waals surface area contributed by atoms with Gasteiger partial charge in [-0.1, -0.05) is 44.6 Å². The molecule has 0 aromatic heterocycles. The van der Waals surface area contributed by atoms with Gasteiger partial charge >= 0.3 is 6.03 Å². The van der Waals surface area contributed by atoms with Gasteiger partial charge in [0.05, 0.1) is 6.04 Å². The Bertz CT molecular complexity index is 902. The Labute approximate surface area is 195 Å². The first-order valence-corrected chi connectivity index (χ1v) is 12.8. The Balaban J connectivity index is 1.61. The molecule has 2 saturated heterocycles. The van der Waals surface area contributed by atoms with E-state index in [1.807, 2.05) is 0 Å². The number of anilines is 1. The summed E-state index contributed by atoms with van der Waals surface area (Å²) in [5, 5.41) is 6.67. The number of amidine groups is 1. The number of amides is 2. The van der Waals surface area contributed by atoms with Crippen molar-refractivity contribution in [2.45, 2.75) is 94.9 Å². The molecule has 5 atom stereocenters. The third kappa shape index (κ3) is 4.17. The van der Waals surface area contributed by atoms with Crippen molar-refractivity contribution in [3.05, 3.63) is 30.1 Å². The first kappa shape index (κ1) is 22.8. The molecule has 0 bridgehead atoms. The van der Waals surface area contributed by atoms with Crippen LogP contribution in [-0.2, 0) is 0 Å². The van der Waals surface area contributed by atoms with Crippen molar-refractivity contribution < 1.29 is 13.6 Å². The average molecular weight is 459 g/mol. The third-order valence-electron chi connectivity index (χ3n) is 8.50. The Morgan fingerprint density at radius 1 is 1.15 bits per heavy atom. The number of piperidine rings is 1. The van der Waals surface area contributed by atoms with Crippen molar-refractivity contribution in [2.75, 3.05) is 11.4 Å². The van der Waals surface area contributed by atoms with Gasteiger partial charge in [-0.2, -0.15) is 0 Å². The van der Waals surface area contributed by atoms with Crippen LogP contribution in [0.15, 0.2) is 29.3 Å². The fourth-order valence-electron chi connectivity index (χ4n) is 6.84. The van der Waals surface area contributed by atoms with Crippen molar-refractivity contribution in [3.8, 4) is 0 Å². The summed E-state index contributed by atoms with van der Waals surface area (Å²) in [6.45, 7) is 2.91. The first-order chi connectivity index (χ1) is 16.0. The summed E-state index contributed by atoms with van der Waals surface area (Å²) in [5.74, 6) is 0.954. The highest BCUT2D eigenvalue weighted by atomic mass is 19.1. The van der Waals surface area contributed by atoms with Crippen molar-refractivity contribution >= 4 is 17.6 Å². The van der Waals surface area contributed by atoms with Crippen LogP contribution in [0.25, 0.3) is 0 Å². The molecule has 2 amide bonds.